The van der Waals surface area contributed by atoms with Crippen LogP contribution in [0.5, 0.6) is 0 Å². The van der Waals surface area contributed by atoms with E-state index in [4.69, 9.17) is 9.15 Å². The molecule has 0 saturated carbocycles. The van der Waals surface area contributed by atoms with E-state index in [-0.39, 0.29) is 23.1 Å². The van der Waals surface area contributed by atoms with E-state index in [2.05, 4.69) is 10.1 Å². The summed E-state index contributed by atoms with van der Waals surface area (Å²) in [6.07, 6.45) is -1.64. The van der Waals surface area contributed by atoms with E-state index < -0.39 is 24.3 Å². The topological polar surface area (TPSA) is 88.2 Å². The lowest BCUT2D eigenvalue weighted by atomic mass is 10.1. The Morgan fingerprint density at radius 3 is 2.93 bits per heavy atom. The average molecular weight is 401 g/mol. The average Bonchev–Trinajstić information content (AvgIpc) is 3.32. The van der Waals surface area contributed by atoms with Crippen molar-refractivity contribution in [1.29, 1.82) is 0 Å². The minimum Gasteiger partial charge on any atom is -0.465 e. The molecule has 3 rings (SSSR count). The minimum absolute atomic E-state index is 0.0286. The summed E-state index contributed by atoms with van der Waals surface area (Å²) in [5.74, 6) is -0.345. The van der Waals surface area contributed by atoms with Gasteiger partial charge < -0.3 is 14.3 Å². The number of esters is 1. The summed E-state index contributed by atoms with van der Waals surface area (Å²) >= 11 is 0.742. The largest absolute Gasteiger partial charge is 0.465 e. The molecular weight excluding hydrogens is 387 g/mol. The Hall–Kier alpha value is -2.66. The molecule has 0 amide bonds. The zero-order valence-corrected chi connectivity index (χ0v) is 14.8. The Bertz CT molecular complexity index is 876. The van der Waals surface area contributed by atoms with Crippen molar-refractivity contribution >= 4 is 34.2 Å². The first-order valence-electron chi connectivity index (χ1n) is 7.75. The van der Waals surface area contributed by atoms with Crippen molar-refractivity contribution in [2.24, 2.45) is 5.10 Å². The van der Waals surface area contributed by atoms with Crippen molar-refractivity contribution in [2.75, 3.05) is 11.6 Å². The Balaban J connectivity index is 1.92. The fraction of sp³-hybridized carbons (Fsp3) is 0.312. The normalized spacial score (nSPS) is 20.3. The van der Waals surface area contributed by atoms with E-state index in [1.165, 1.54) is 23.8 Å². The van der Waals surface area contributed by atoms with Crippen molar-refractivity contribution in [1.82, 2.24) is 4.98 Å². The number of rotatable bonds is 5. The number of furan rings is 1. The molecule has 27 heavy (non-hydrogen) atoms. The van der Waals surface area contributed by atoms with Gasteiger partial charge in [-0.1, -0.05) is 0 Å². The number of carbonyl (C=O) groups excluding carboxylic acids is 1. The number of nitrogens with zero attached hydrogens (tertiary/aromatic N) is 3. The van der Waals surface area contributed by atoms with Gasteiger partial charge in [-0.25, -0.2) is 9.78 Å². The molecule has 0 radical (unpaired) electrons. The molecule has 11 heteroatoms. The van der Waals surface area contributed by atoms with Gasteiger partial charge in [0, 0.05) is 5.38 Å². The monoisotopic (exact) mass is 401 g/mol. The number of carbonyl (C=O) groups is 1. The number of alkyl halides is 3. The van der Waals surface area contributed by atoms with Crippen LogP contribution in [0.25, 0.3) is 6.08 Å². The quantitative estimate of drug-likeness (QED) is 0.773. The van der Waals surface area contributed by atoms with Crippen molar-refractivity contribution in [2.45, 2.75) is 25.2 Å². The highest BCUT2D eigenvalue weighted by Crippen LogP contribution is 2.43. The van der Waals surface area contributed by atoms with Crippen LogP contribution in [0, 0.1) is 0 Å². The number of aliphatic hydroxyl groups is 1. The third-order valence-corrected chi connectivity index (χ3v) is 4.42. The molecule has 0 bridgehead atoms. The van der Waals surface area contributed by atoms with Gasteiger partial charge >= 0.3 is 12.1 Å². The number of anilines is 1. The second-order valence-electron chi connectivity index (χ2n) is 5.48. The van der Waals surface area contributed by atoms with Crippen molar-refractivity contribution in [3.63, 3.8) is 0 Å². The second kappa shape index (κ2) is 7.16. The standard InChI is InChI=1S/C16H14F3N3O4S/c1-2-25-13(23)12-9-27-14(20-12)22-15(24,16(17,18)19)8-10(21-22)5-6-11-4-3-7-26-11/h3-7,9,24H,2,8H2,1H3/b6-5+/t15-/m1/s1. The summed E-state index contributed by atoms with van der Waals surface area (Å²) in [6.45, 7) is 1.69. The lowest BCUT2D eigenvalue weighted by molar-refractivity contribution is -0.254. The molecule has 0 saturated heterocycles. The molecule has 1 N–H and O–H groups in total. The van der Waals surface area contributed by atoms with Crippen LogP contribution in [-0.2, 0) is 4.74 Å². The molecule has 1 aliphatic heterocycles. The highest BCUT2D eigenvalue weighted by Gasteiger charge is 2.62. The Kier molecular flexibility index (Phi) is 5.07. The zero-order valence-electron chi connectivity index (χ0n) is 13.9. The van der Waals surface area contributed by atoms with Gasteiger partial charge in [-0.2, -0.15) is 23.3 Å². The molecule has 0 spiro atoms. The summed E-state index contributed by atoms with van der Waals surface area (Å²) in [6, 6.07) is 3.24. The van der Waals surface area contributed by atoms with E-state index in [9.17, 15) is 23.1 Å². The Morgan fingerprint density at radius 2 is 2.30 bits per heavy atom. The van der Waals surface area contributed by atoms with Gasteiger partial charge in [-0.15, -0.1) is 11.3 Å². The lowest BCUT2D eigenvalue weighted by Crippen LogP contribution is -2.55. The fourth-order valence-electron chi connectivity index (χ4n) is 2.31. The summed E-state index contributed by atoms with van der Waals surface area (Å²) in [5.41, 5.74) is -3.46. The SMILES string of the molecule is CCOC(=O)c1csc(N2N=C(/C=C/c3ccco3)C[C@@]2(O)C(F)(F)F)n1. The molecule has 0 fully saturated rings. The summed E-state index contributed by atoms with van der Waals surface area (Å²) in [5, 5.41) is 15.5. The fourth-order valence-corrected chi connectivity index (χ4v) is 3.12. The molecule has 1 atom stereocenters. The van der Waals surface area contributed by atoms with Gasteiger partial charge in [0.2, 0.25) is 5.13 Å². The maximum Gasteiger partial charge on any atom is 0.438 e. The molecule has 1 aliphatic rings. The van der Waals surface area contributed by atoms with Crippen molar-refractivity contribution in [3.05, 3.63) is 41.3 Å². The van der Waals surface area contributed by atoms with Gasteiger partial charge in [0.15, 0.2) is 5.69 Å². The van der Waals surface area contributed by atoms with Crippen LogP contribution in [0.15, 0.2) is 39.4 Å². The first kappa shape index (κ1) is 19.1. The third kappa shape index (κ3) is 3.74. The molecule has 0 aromatic carbocycles. The predicted octanol–water partition coefficient (Wildman–Crippen LogP) is 3.44. The minimum atomic E-state index is -5.01. The van der Waals surface area contributed by atoms with Crippen molar-refractivity contribution in [3.8, 4) is 0 Å². The van der Waals surface area contributed by atoms with Crippen LogP contribution in [0.4, 0.5) is 18.3 Å². The number of allylic oxidation sites excluding steroid dienone is 1. The molecule has 3 heterocycles. The summed E-state index contributed by atoms with van der Waals surface area (Å²) in [4.78, 5) is 15.5. The number of aromatic nitrogens is 1. The Labute approximate surface area is 155 Å². The molecule has 144 valence electrons. The van der Waals surface area contributed by atoms with E-state index in [1.54, 1.807) is 19.1 Å². The maximum absolute atomic E-state index is 13.5. The molecule has 0 unspecified atom stereocenters. The maximum atomic E-state index is 13.5. The molecule has 7 nitrogen and oxygen atoms in total. The lowest BCUT2D eigenvalue weighted by Gasteiger charge is -2.32. The molecular formula is C16H14F3N3O4S. The van der Waals surface area contributed by atoms with E-state index in [0.29, 0.717) is 10.8 Å². The first-order chi connectivity index (χ1) is 12.7. The second-order valence-corrected chi connectivity index (χ2v) is 6.32. The van der Waals surface area contributed by atoms with E-state index in [0.717, 1.165) is 11.3 Å². The highest BCUT2D eigenvalue weighted by atomic mass is 32.1. The van der Waals surface area contributed by atoms with E-state index in [1.807, 2.05) is 0 Å². The number of ether oxygens (including phenoxy) is 1. The van der Waals surface area contributed by atoms with E-state index >= 15 is 0 Å². The number of hydrogen-bond acceptors (Lipinski definition) is 8. The highest BCUT2D eigenvalue weighted by molar-refractivity contribution is 7.14. The molecule has 2 aromatic rings. The van der Waals surface area contributed by atoms with Crippen molar-refractivity contribution < 1.29 is 32.2 Å². The number of hydrogen-bond donors (Lipinski definition) is 1. The predicted molar refractivity (Wildman–Crippen MR) is 91.3 cm³/mol. The van der Waals surface area contributed by atoms with Crippen LogP contribution in [0.2, 0.25) is 0 Å². The number of hydrazone groups is 1. The van der Waals surface area contributed by atoms with Gasteiger partial charge in [-0.3, -0.25) is 0 Å². The number of thiazole rings is 1. The van der Waals surface area contributed by atoms with Crippen LogP contribution in [0.1, 0.15) is 29.6 Å². The summed E-state index contributed by atoms with van der Waals surface area (Å²) < 4.78 is 50.4. The van der Waals surface area contributed by atoms with Gasteiger partial charge in [0.05, 0.1) is 25.0 Å². The van der Waals surface area contributed by atoms with Crippen LogP contribution in [0.3, 0.4) is 0 Å². The number of halogens is 3. The molecule has 0 aliphatic carbocycles. The smallest absolute Gasteiger partial charge is 0.438 e. The zero-order chi connectivity index (χ0) is 19.7. The Morgan fingerprint density at radius 1 is 1.52 bits per heavy atom. The van der Waals surface area contributed by atoms with Gasteiger partial charge in [-0.05, 0) is 31.2 Å². The summed E-state index contributed by atoms with van der Waals surface area (Å²) in [7, 11) is 0. The van der Waals surface area contributed by atoms with Crippen LogP contribution in [-0.4, -0.2) is 40.3 Å². The third-order valence-electron chi connectivity index (χ3n) is 3.60. The van der Waals surface area contributed by atoms with Crippen LogP contribution < -0.4 is 5.01 Å². The van der Waals surface area contributed by atoms with Crippen LogP contribution >= 0.6 is 11.3 Å². The molecule has 2 aromatic heterocycles. The van der Waals surface area contributed by atoms with Gasteiger partial charge in [0.1, 0.15) is 5.76 Å². The first-order valence-corrected chi connectivity index (χ1v) is 8.63. The van der Waals surface area contributed by atoms with Gasteiger partial charge in [0.25, 0.3) is 5.72 Å².